The minimum atomic E-state index is -0.130. The van der Waals surface area contributed by atoms with E-state index in [-0.39, 0.29) is 11.6 Å². The van der Waals surface area contributed by atoms with Crippen LogP contribution in [0.15, 0.2) is 0 Å². The highest BCUT2D eigenvalue weighted by atomic mass is 16.5. The normalized spacial score (nSPS) is 20.1. The van der Waals surface area contributed by atoms with Crippen LogP contribution in [0.1, 0.15) is 33.6 Å². The van der Waals surface area contributed by atoms with Crippen molar-refractivity contribution in [2.24, 2.45) is 5.73 Å². The third kappa shape index (κ3) is 1.96. The van der Waals surface area contributed by atoms with Crippen LogP contribution in [0.25, 0.3) is 0 Å². The lowest BCUT2D eigenvalue weighted by Crippen LogP contribution is -2.46. The van der Waals surface area contributed by atoms with Gasteiger partial charge in [-0.2, -0.15) is 0 Å². The van der Waals surface area contributed by atoms with Crippen molar-refractivity contribution in [3.8, 4) is 0 Å². The van der Waals surface area contributed by atoms with Gasteiger partial charge in [-0.3, -0.25) is 0 Å². The Morgan fingerprint density at radius 1 is 1.50 bits per heavy atom. The van der Waals surface area contributed by atoms with Gasteiger partial charge < -0.3 is 10.5 Å². The summed E-state index contributed by atoms with van der Waals surface area (Å²) in [5.74, 6) is 0. The highest BCUT2D eigenvalue weighted by Gasteiger charge is 2.27. The Labute approximate surface area is 63.7 Å². The van der Waals surface area contributed by atoms with Gasteiger partial charge >= 0.3 is 0 Å². The van der Waals surface area contributed by atoms with Crippen LogP contribution in [-0.4, -0.2) is 18.8 Å². The molecule has 2 N–H and O–H groups in total. The average Bonchev–Trinajstić information content (AvgIpc) is 2.01. The second kappa shape index (κ2) is 3.94. The van der Waals surface area contributed by atoms with Crippen molar-refractivity contribution in [3.63, 3.8) is 0 Å². The van der Waals surface area contributed by atoms with Crippen LogP contribution < -0.4 is 5.73 Å². The van der Waals surface area contributed by atoms with E-state index in [1.54, 1.807) is 7.11 Å². The van der Waals surface area contributed by atoms with Gasteiger partial charge in [0.15, 0.2) is 0 Å². The van der Waals surface area contributed by atoms with E-state index in [4.69, 9.17) is 10.5 Å². The molecule has 0 amide bonds. The van der Waals surface area contributed by atoms with Gasteiger partial charge in [-0.1, -0.05) is 13.8 Å². The molecule has 2 heteroatoms. The smallest absolute Gasteiger partial charge is 0.0798 e. The Kier molecular flexibility index (Phi) is 3.91. The number of rotatable bonds is 4. The van der Waals surface area contributed by atoms with Crippen molar-refractivity contribution in [2.75, 3.05) is 7.11 Å². The van der Waals surface area contributed by atoms with Crippen molar-refractivity contribution >= 4 is 0 Å². The van der Waals surface area contributed by atoms with Gasteiger partial charge in [0.2, 0.25) is 0 Å². The molecule has 0 saturated heterocycles. The predicted molar refractivity (Wildman–Crippen MR) is 44.0 cm³/mol. The summed E-state index contributed by atoms with van der Waals surface area (Å²) in [4.78, 5) is 0. The minimum Gasteiger partial charge on any atom is -0.377 e. The molecule has 0 radical (unpaired) electrons. The number of hydrogen-bond acceptors (Lipinski definition) is 2. The molecular formula is C8H19NO. The molecule has 0 saturated carbocycles. The molecule has 0 aromatic rings. The Hall–Kier alpha value is -0.0800. The molecular weight excluding hydrogens is 126 g/mol. The first kappa shape index (κ1) is 9.92. The first-order valence-corrected chi connectivity index (χ1v) is 3.91. The molecule has 0 spiro atoms. The molecule has 0 heterocycles. The van der Waals surface area contributed by atoms with Gasteiger partial charge in [-0.25, -0.2) is 0 Å². The fraction of sp³-hybridized carbons (Fsp3) is 1.00. The van der Waals surface area contributed by atoms with E-state index < -0.39 is 0 Å². The average molecular weight is 145 g/mol. The monoisotopic (exact) mass is 145 g/mol. The molecule has 0 aromatic carbocycles. The summed E-state index contributed by atoms with van der Waals surface area (Å²) in [6, 6.07) is 0.155. The zero-order chi connectivity index (χ0) is 8.20. The summed E-state index contributed by atoms with van der Waals surface area (Å²) in [6.07, 6.45) is 1.94. The summed E-state index contributed by atoms with van der Waals surface area (Å²) < 4.78 is 5.31. The van der Waals surface area contributed by atoms with Gasteiger partial charge in [0.25, 0.3) is 0 Å². The summed E-state index contributed by atoms with van der Waals surface area (Å²) in [7, 11) is 1.72. The third-order valence-corrected chi connectivity index (χ3v) is 2.39. The van der Waals surface area contributed by atoms with Crippen LogP contribution in [0, 0.1) is 0 Å². The van der Waals surface area contributed by atoms with Gasteiger partial charge in [0, 0.05) is 13.2 Å². The van der Waals surface area contributed by atoms with Crippen molar-refractivity contribution in [2.45, 2.75) is 45.3 Å². The quantitative estimate of drug-likeness (QED) is 0.651. The maximum absolute atomic E-state index is 5.85. The molecule has 0 aliphatic rings. The van der Waals surface area contributed by atoms with Crippen molar-refractivity contribution in [1.82, 2.24) is 0 Å². The Balaban J connectivity index is 4.02. The molecule has 0 bridgehead atoms. The number of hydrogen-bond donors (Lipinski definition) is 1. The van der Waals surface area contributed by atoms with E-state index in [0.717, 1.165) is 12.8 Å². The molecule has 0 aliphatic heterocycles. The second-order valence-corrected chi connectivity index (χ2v) is 2.89. The van der Waals surface area contributed by atoms with Gasteiger partial charge in [-0.15, -0.1) is 0 Å². The molecule has 0 fully saturated rings. The summed E-state index contributed by atoms with van der Waals surface area (Å²) in [6.45, 7) is 6.23. The van der Waals surface area contributed by atoms with E-state index in [2.05, 4.69) is 20.8 Å². The number of methoxy groups -OCH3 is 1. The molecule has 1 unspecified atom stereocenters. The topological polar surface area (TPSA) is 35.2 Å². The SMILES string of the molecule is CC[C@@H](N)C(C)(CC)OC. The van der Waals surface area contributed by atoms with Crippen LogP contribution in [0.2, 0.25) is 0 Å². The fourth-order valence-electron chi connectivity index (χ4n) is 0.990. The Morgan fingerprint density at radius 2 is 2.00 bits per heavy atom. The molecule has 0 aromatic heterocycles. The van der Waals surface area contributed by atoms with Crippen molar-refractivity contribution < 1.29 is 4.74 Å². The van der Waals surface area contributed by atoms with E-state index >= 15 is 0 Å². The molecule has 0 rings (SSSR count). The lowest BCUT2D eigenvalue weighted by atomic mass is 9.92. The first-order valence-electron chi connectivity index (χ1n) is 3.91. The maximum atomic E-state index is 5.85. The maximum Gasteiger partial charge on any atom is 0.0798 e. The zero-order valence-electron chi connectivity index (χ0n) is 7.48. The van der Waals surface area contributed by atoms with E-state index in [1.165, 1.54) is 0 Å². The molecule has 10 heavy (non-hydrogen) atoms. The van der Waals surface area contributed by atoms with Crippen LogP contribution in [0.3, 0.4) is 0 Å². The van der Waals surface area contributed by atoms with E-state index in [0.29, 0.717) is 0 Å². The summed E-state index contributed by atoms with van der Waals surface area (Å²) in [5.41, 5.74) is 5.72. The van der Waals surface area contributed by atoms with Crippen molar-refractivity contribution in [1.29, 1.82) is 0 Å². The molecule has 62 valence electrons. The standard InChI is InChI=1S/C8H19NO/c1-5-7(9)8(3,6-2)10-4/h7H,5-6,9H2,1-4H3/t7-,8?/m1/s1. The summed E-state index contributed by atoms with van der Waals surface area (Å²) in [5, 5.41) is 0. The largest absolute Gasteiger partial charge is 0.377 e. The minimum absolute atomic E-state index is 0.130. The zero-order valence-corrected chi connectivity index (χ0v) is 7.48. The second-order valence-electron chi connectivity index (χ2n) is 2.89. The van der Waals surface area contributed by atoms with Gasteiger partial charge in [0.1, 0.15) is 0 Å². The predicted octanol–water partition coefficient (Wildman–Crippen LogP) is 1.54. The van der Waals surface area contributed by atoms with Gasteiger partial charge in [0.05, 0.1) is 5.60 Å². The van der Waals surface area contributed by atoms with E-state index in [1.807, 2.05) is 0 Å². The number of ether oxygens (including phenoxy) is 1. The van der Waals surface area contributed by atoms with Crippen LogP contribution in [0.5, 0.6) is 0 Å². The number of nitrogens with two attached hydrogens (primary N) is 1. The fourth-order valence-corrected chi connectivity index (χ4v) is 0.990. The third-order valence-electron chi connectivity index (χ3n) is 2.39. The van der Waals surface area contributed by atoms with Gasteiger partial charge in [-0.05, 0) is 19.8 Å². The lowest BCUT2D eigenvalue weighted by Gasteiger charge is -2.32. The lowest BCUT2D eigenvalue weighted by molar-refractivity contribution is -0.0194. The van der Waals surface area contributed by atoms with Crippen LogP contribution in [0.4, 0.5) is 0 Å². The van der Waals surface area contributed by atoms with E-state index in [9.17, 15) is 0 Å². The highest BCUT2D eigenvalue weighted by Crippen LogP contribution is 2.19. The first-order chi connectivity index (χ1) is 4.60. The molecule has 0 aliphatic carbocycles. The molecule has 2 nitrogen and oxygen atoms in total. The molecule has 2 atom stereocenters. The van der Waals surface area contributed by atoms with Crippen LogP contribution >= 0.6 is 0 Å². The van der Waals surface area contributed by atoms with Crippen molar-refractivity contribution in [3.05, 3.63) is 0 Å². The highest BCUT2D eigenvalue weighted by molar-refractivity contribution is 4.84. The summed E-state index contributed by atoms with van der Waals surface area (Å²) >= 11 is 0. The van der Waals surface area contributed by atoms with Crippen LogP contribution in [-0.2, 0) is 4.74 Å². The Bertz CT molecular complexity index is 89.3. The Morgan fingerprint density at radius 3 is 2.10 bits per heavy atom.